The van der Waals surface area contributed by atoms with Gasteiger partial charge in [0.2, 0.25) is 0 Å². The van der Waals surface area contributed by atoms with Gasteiger partial charge >= 0.3 is 5.97 Å². The average molecular weight is 290 g/mol. The van der Waals surface area contributed by atoms with Crippen LogP contribution < -0.4 is 10.6 Å². The maximum atomic E-state index is 11.4. The van der Waals surface area contributed by atoms with E-state index in [0.717, 1.165) is 45.9 Å². The number of unbranched alkanes of at least 4 members (excludes halogenated alkanes) is 2. The minimum Gasteiger partial charge on any atom is -0.467 e. The zero-order valence-corrected chi connectivity index (χ0v) is 12.2. The van der Waals surface area contributed by atoms with Crippen molar-refractivity contribution in [1.29, 1.82) is 0 Å². The normalized spacial score (nSPS) is 13.6. The molecule has 0 aliphatic carbocycles. The Balaban J connectivity index is 3.65. The number of hydrogen-bond acceptors (Lipinski definition) is 6. The number of carbonyl (C=O) groups excluding carboxylic acids is 2. The smallest absolute Gasteiger partial charge is 0.338 e. The van der Waals surface area contributed by atoms with Gasteiger partial charge in [0.25, 0.3) is 5.91 Å². The van der Waals surface area contributed by atoms with Crippen molar-refractivity contribution in [3.05, 3.63) is 0 Å². The summed E-state index contributed by atoms with van der Waals surface area (Å²) in [5.41, 5.74) is 0. The molecule has 0 saturated heterocycles. The molecule has 0 aromatic carbocycles. The number of amides is 1. The molecule has 0 aliphatic rings. The lowest BCUT2D eigenvalue weighted by Crippen LogP contribution is -2.46. The number of rotatable bonds is 11. The van der Waals surface area contributed by atoms with Gasteiger partial charge in [0.15, 0.2) is 12.2 Å². The van der Waals surface area contributed by atoms with E-state index >= 15 is 0 Å². The minimum atomic E-state index is -1.85. The zero-order valence-electron chi connectivity index (χ0n) is 12.2. The molecule has 2 atom stereocenters. The summed E-state index contributed by atoms with van der Waals surface area (Å²) in [5.74, 6) is -1.80. The summed E-state index contributed by atoms with van der Waals surface area (Å²) in [6.07, 6.45) is 0.208. The van der Waals surface area contributed by atoms with Crippen molar-refractivity contribution in [2.24, 2.45) is 0 Å². The summed E-state index contributed by atoms with van der Waals surface area (Å²) in [6.45, 7) is 4.47. The molecule has 0 spiro atoms. The van der Waals surface area contributed by atoms with Gasteiger partial charge in [-0.05, 0) is 32.4 Å². The Kier molecular flexibility index (Phi) is 10.9. The predicted molar refractivity (Wildman–Crippen MR) is 74.1 cm³/mol. The average Bonchev–Trinajstić information content (AvgIpc) is 2.47. The Morgan fingerprint density at radius 3 is 2.30 bits per heavy atom. The molecule has 7 heteroatoms. The van der Waals surface area contributed by atoms with Crippen molar-refractivity contribution in [2.45, 2.75) is 44.8 Å². The van der Waals surface area contributed by atoms with Crippen molar-refractivity contribution in [2.75, 3.05) is 26.7 Å². The molecule has 0 aliphatic heterocycles. The van der Waals surface area contributed by atoms with Crippen LogP contribution in [-0.4, -0.2) is 61.0 Å². The van der Waals surface area contributed by atoms with E-state index in [-0.39, 0.29) is 0 Å². The second-order valence-corrected chi connectivity index (χ2v) is 4.51. The topological polar surface area (TPSA) is 108 Å². The standard InChI is InChI=1S/C13H26N2O5/c1-3-7-14-8-5-4-6-9-15-12(18)10(16)11(17)13(19)20-2/h10-11,14,16-17H,3-9H2,1-2H3,(H,15,18). The number of aliphatic hydroxyl groups is 2. The van der Waals surface area contributed by atoms with E-state index in [1.807, 2.05) is 0 Å². The minimum absolute atomic E-state index is 0.400. The predicted octanol–water partition coefficient (Wildman–Crippen LogP) is -0.833. The summed E-state index contributed by atoms with van der Waals surface area (Å²) < 4.78 is 4.24. The monoisotopic (exact) mass is 290 g/mol. The molecule has 118 valence electrons. The van der Waals surface area contributed by atoms with Gasteiger partial charge in [-0.15, -0.1) is 0 Å². The first-order valence-electron chi connectivity index (χ1n) is 6.97. The molecule has 20 heavy (non-hydrogen) atoms. The highest BCUT2D eigenvalue weighted by Crippen LogP contribution is 1.98. The van der Waals surface area contributed by atoms with Crippen LogP contribution in [0.25, 0.3) is 0 Å². The number of esters is 1. The van der Waals surface area contributed by atoms with Crippen LogP contribution in [0.3, 0.4) is 0 Å². The third kappa shape index (κ3) is 8.08. The lowest BCUT2D eigenvalue weighted by atomic mass is 10.2. The molecular weight excluding hydrogens is 264 g/mol. The largest absolute Gasteiger partial charge is 0.467 e. The van der Waals surface area contributed by atoms with Gasteiger partial charge in [-0.2, -0.15) is 0 Å². The van der Waals surface area contributed by atoms with Crippen LogP contribution in [0.1, 0.15) is 32.6 Å². The lowest BCUT2D eigenvalue weighted by Gasteiger charge is -2.15. The number of nitrogens with one attached hydrogen (secondary N) is 2. The van der Waals surface area contributed by atoms with Crippen LogP contribution in [0.2, 0.25) is 0 Å². The van der Waals surface area contributed by atoms with Gasteiger partial charge in [-0.3, -0.25) is 4.79 Å². The fraction of sp³-hybridized carbons (Fsp3) is 0.846. The van der Waals surface area contributed by atoms with Crippen molar-refractivity contribution >= 4 is 11.9 Å². The Morgan fingerprint density at radius 2 is 1.70 bits per heavy atom. The molecule has 0 bridgehead atoms. The third-order valence-corrected chi connectivity index (χ3v) is 2.77. The number of hydrogen-bond donors (Lipinski definition) is 4. The van der Waals surface area contributed by atoms with Gasteiger partial charge in [0.05, 0.1) is 7.11 Å². The maximum Gasteiger partial charge on any atom is 0.338 e. The molecule has 0 aromatic heterocycles. The van der Waals surface area contributed by atoms with Crippen molar-refractivity contribution in [1.82, 2.24) is 10.6 Å². The summed E-state index contributed by atoms with van der Waals surface area (Å²) in [4.78, 5) is 22.4. The fourth-order valence-electron chi connectivity index (χ4n) is 1.56. The first-order chi connectivity index (χ1) is 9.54. The van der Waals surface area contributed by atoms with Gasteiger partial charge < -0.3 is 25.6 Å². The summed E-state index contributed by atoms with van der Waals surface area (Å²) in [7, 11) is 1.07. The Labute approximate surface area is 119 Å². The molecule has 7 nitrogen and oxygen atoms in total. The van der Waals surface area contributed by atoms with Crippen LogP contribution >= 0.6 is 0 Å². The van der Waals surface area contributed by atoms with E-state index in [1.54, 1.807) is 0 Å². The molecule has 0 radical (unpaired) electrons. The van der Waals surface area contributed by atoms with Crippen LogP contribution in [0.5, 0.6) is 0 Å². The van der Waals surface area contributed by atoms with E-state index in [0.29, 0.717) is 6.54 Å². The second-order valence-electron chi connectivity index (χ2n) is 4.51. The Hall–Kier alpha value is -1.18. The fourth-order valence-corrected chi connectivity index (χ4v) is 1.56. The number of methoxy groups -OCH3 is 1. The highest BCUT2D eigenvalue weighted by molar-refractivity contribution is 5.88. The van der Waals surface area contributed by atoms with Gasteiger partial charge in [0, 0.05) is 6.54 Å². The van der Waals surface area contributed by atoms with Crippen LogP contribution in [-0.2, 0) is 14.3 Å². The van der Waals surface area contributed by atoms with Crippen LogP contribution in [0, 0.1) is 0 Å². The Bertz CT molecular complexity index is 286. The summed E-state index contributed by atoms with van der Waals surface area (Å²) >= 11 is 0. The highest BCUT2D eigenvalue weighted by Gasteiger charge is 2.30. The van der Waals surface area contributed by atoms with Crippen LogP contribution in [0.4, 0.5) is 0 Å². The van der Waals surface area contributed by atoms with E-state index in [9.17, 15) is 19.8 Å². The van der Waals surface area contributed by atoms with Crippen molar-refractivity contribution in [3.8, 4) is 0 Å². The lowest BCUT2D eigenvalue weighted by molar-refractivity contribution is -0.161. The van der Waals surface area contributed by atoms with Crippen molar-refractivity contribution in [3.63, 3.8) is 0 Å². The highest BCUT2D eigenvalue weighted by atomic mass is 16.5. The number of ether oxygens (including phenoxy) is 1. The SMILES string of the molecule is CCCNCCCCCNC(=O)C(O)C(O)C(=O)OC. The quantitative estimate of drug-likeness (QED) is 0.292. The summed E-state index contributed by atoms with van der Waals surface area (Å²) in [5, 5.41) is 24.4. The van der Waals surface area contributed by atoms with Gasteiger partial charge in [-0.25, -0.2) is 4.79 Å². The van der Waals surface area contributed by atoms with Crippen molar-refractivity contribution < 1.29 is 24.5 Å². The first-order valence-corrected chi connectivity index (χ1v) is 6.97. The van der Waals surface area contributed by atoms with Crippen LogP contribution in [0.15, 0.2) is 0 Å². The molecule has 0 heterocycles. The molecule has 4 N–H and O–H groups in total. The van der Waals surface area contributed by atoms with Gasteiger partial charge in [0.1, 0.15) is 0 Å². The zero-order chi connectivity index (χ0) is 15.4. The maximum absolute atomic E-state index is 11.4. The van der Waals surface area contributed by atoms with E-state index in [4.69, 9.17) is 0 Å². The van der Waals surface area contributed by atoms with E-state index < -0.39 is 24.1 Å². The summed E-state index contributed by atoms with van der Waals surface area (Å²) in [6, 6.07) is 0. The molecule has 0 saturated carbocycles. The van der Waals surface area contributed by atoms with E-state index in [1.165, 1.54) is 0 Å². The molecular formula is C13H26N2O5. The first kappa shape index (κ1) is 18.8. The molecule has 0 aromatic rings. The third-order valence-electron chi connectivity index (χ3n) is 2.77. The molecule has 1 amide bonds. The van der Waals surface area contributed by atoms with Gasteiger partial charge in [-0.1, -0.05) is 13.3 Å². The second kappa shape index (κ2) is 11.6. The van der Waals surface area contributed by atoms with E-state index in [2.05, 4.69) is 22.3 Å². The Morgan fingerprint density at radius 1 is 1.05 bits per heavy atom. The molecule has 0 fully saturated rings. The molecule has 2 unspecified atom stereocenters. The number of carbonyl (C=O) groups is 2. The molecule has 0 rings (SSSR count). The number of aliphatic hydroxyl groups excluding tert-OH is 2.